The third kappa shape index (κ3) is 3.73. The van der Waals surface area contributed by atoms with Crippen LogP contribution in [-0.2, 0) is 11.3 Å². The topological polar surface area (TPSA) is 46.9 Å². The molecule has 1 rings (SSSR count). The van der Waals surface area contributed by atoms with E-state index in [0.717, 1.165) is 13.0 Å². The summed E-state index contributed by atoms with van der Waals surface area (Å²) in [6.07, 6.45) is 6.27. The number of carbonyl (C=O) groups excluding carboxylic acids is 1. The molecule has 0 aliphatic rings. The SMILES string of the molecule is CC[C@@H](C)C(=O)N[C@H](C)Cn1ccnc1. The van der Waals surface area contributed by atoms with Crippen molar-refractivity contribution in [3.8, 4) is 0 Å². The Labute approximate surface area is 90.7 Å². The molecule has 4 nitrogen and oxygen atoms in total. The number of hydrogen-bond acceptors (Lipinski definition) is 2. The number of rotatable bonds is 5. The summed E-state index contributed by atoms with van der Waals surface area (Å²) in [7, 11) is 0. The van der Waals surface area contributed by atoms with Gasteiger partial charge >= 0.3 is 0 Å². The van der Waals surface area contributed by atoms with E-state index in [4.69, 9.17) is 0 Å². The highest BCUT2D eigenvalue weighted by atomic mass is 16.1. The molecule has 0 spiro atoms. The average Bonchev–Trinajstić information content (AvgIpc) is 2.68. The molecule has 15 heavy (non-hydrogen) atoms. The summed E-state index contributed by atoms with van der Waals surface area (Å²) in [5.74, 6) is 0.223. The fourth-order valence-corrected chi connectivity index (χ4v) is 1.33. The van der Waals surface area contributed by atoms with E-state index in [2.05, 4.69) is 10.3 Å². The first-order valence-corrected chi connectivity index (χ1v) is 5.39. The first-order valence-electron chi connectivity index (χ1n) is 5.39. The summed E-state index contributed by atoms with van der Waals surface area (Å²) in [5.41, 5.74) is 0. The minimum Gasteiger partial charge on any atom is -0.352 e. The Kier molecular flexibility index (Phi) is 4.34. The predicted octanol–water partition coefficient (Wildman–Crippen LogP) is 1.43. The van der Waals surface area contributed by atoms with E-state index in [1.54, 1.807) is 12.5 Å². The van der Waals surface area contributed by atoms with Crippen LogP contribution in [0.5, 0.6) is 0 Å². The van der Waals surface area contributed by atoms with E-state index >= 15 is 0 Å². The number of amides is 1. The van der Waals surface area contributed by atoms with Crippen molar-refractivity contribution in [2.45, 2.75) is 39.8 Å². The Morgan fingerprint density at radius 3 is 2.80 bits per heavy atom. The number of aromatic nitrogens is 2. The van der Waals surface area contributed by atoms with Crippen LogP contribution in [0.3, 0.4) is 0 Å². The van der Waals surface area contributed by atoms with Crippen molar-refractivity contribution in [3.63, 3.8) is 0 Å². The Morgan fingerprint density at radius 2 is 2.27 bits per heavy atom. The zero-order valence-electron chi connectivity index (χ0n) is 9.60. The quantitative estimate of drug-likeness (QED) is 0.797. The fourth-order valence-electron chi connectivity index (χ4n) is 1.33. The molecular weight excluding hydrogens is 190 g/mol. The molecule has 84 valence electrons. The summed E-state index contributed by atoms with van der Waals surface area (Å²) >= 11 is 0. The highest BCUT2D eigenvalue weighted by Crippen LogP contribution is 2.01. The Hall–Kier alpha value is -1.32. The summed E-state index contributed by atoms with van der Waals surface area (Å²) in [6.45, 7) is 6.73. The van der Waals surface area contributed by atoms with Crippen LogP contribution in [0.2, 0.25) is 0 Å². The lowest BCUT2D eigenvalue weighted by atomic mass is 10.1. The van der Waals surface area contributed by atoms with Gasteiger partial charge in [0.25, 0.3) is 0 Å². The molecule has 0 aliphatic heterocycles. The first kappa shape index (κ1) is 11.8. The molecule has 0 unspecified atom stereocenters. The van der Waals surface area contributed by atoms with Crippen LogP contribution in [0.4, 0.5) is 0 Å². The molecule has 0 radical (unpaired) electrons. The van der Waals surface area contributed by atoms with Gasteiger partial charge in [-0.25, -0.2) is 4.98 Å². The molecule has 0 bridgehead atoms. The molecule has 4 heteroatoms. The Balaban J connectivity index is 2.36. The van der Waals surface area contributed by atoms with Crippen molar-refractivity contribution >= 4 is 5.91 Å². The van der Waals surface area contributed by atoms with Crippen molar-refractivity contribution < 1.29 is 4.79 Å². The third-order valence-corrected chi connectivity index (χ3v) is 2.49. The Bertz CT molecular complexity index is 295. The van der Waals surface area contributed by atoms with Crippen LogP contribution in [0.25, 0.3) is 0 Å². The van der Waals surface area contributed by atoms with Gasteiger partial charge in [-0.3, -0.25) is 4.79 Å². The molecule has 0 saturated carbocycles. The lowest BCUT2D eigenvalue weighted by molar-refractivity contribution is -0.125. The van der Waals surface area contributed by atoms with Crippen molar-refractivity contribution in [2.24, 2.45) is 5.92 Å². The zero-order chi connectivity index (χ0) is 11.3. The first-order chi connectivity index (χ1) is 7.13. The van der Waals surface area contributed by atoms with E-state index in [1.807, 2.05) is 31.5 Å². The Morgan fingerprint density at radius 1 is 1.53 bits per heavy atom. The second-order valence-electron chi connectivity index (χ2n) is 3.98. The van der Waals surface area contributed by atoms with E-state index in [-0.39, 0.29) is 17.9 Å². The third-order valence-electron chi connectivity index (χ3n) is 2.49. The summed E-state index contributed by atoms with van der Waals surface area (Å²) < 4.78 is 1.96. The van der Waals surface area contributed by atoms with Gasteiger partial charge < -0.3 is 9.88 Å². The van der Waals surface area contributed by atoms with Crippen LogP contribution < -0.4 is 5.32 Å². The molecule has 0 aliphatic carbocycles. The second-order valence-corrected chi connectivity index (χ2v) is 3.98. The molecular formula is C11H19N3O. The number of hydrogen-bond donors (Lipinski definition) is 1. The van der Waals surface area contributed by atoms with Gasteiger partial charge in [0.05, 0.1) is 6.33 Å². The van der Waals surface area contributed by atoms with Crippen LogP contribution in [-0.4, -0.2) is 21.5 Å². The molecule has 0 saturated heterocycles. The standard InChI is InChI=1S/C11H19N3O/c1-4-9(2)11(15)13-10(3)7-14-6-5-12-8-14/h5-6,8-10H,4,7H2,1-3H3,(H,13,15)/t9-,10-/m1/s1. The molecule has 1 heterocycles. The molecule has 0 fully saturated rings. The van der Waals surface area contributed by atoms with E-state index in [0.29, 0.717) is 0 Å². The lowest BCUT2D eigenvalue weighted by Gasteiger charge is -2.16. The molecule has 0 aromatic carbocycles. The van der Waals surface area contributed by atoms with E-state index in [1.165, 1.54) is 0 Å². The van der Waals surface area contributed by atoms with Crippen molar-refractivity contribution in [1.29, 1.82) is 0 Å². The van der Waals surface area contributed by atoms with Gasteiger partial charge in [-0.15, -0.1) is 0 Å². The zero-order valence-corrected chi connectivity index (χ0v) is 9.60. The fraction of sp³-hybridized carbons (Fsp3) is 0.636. The normalized spacial score (nSPS) is 14.6. The van der Waals surface area contributed by atoms with Crippen molar-refractivity contribution in [1.82, 2.24) is 14.9 Å². The maximum Gasteiger partial charge on any atom is 0.223 e. The smallest absolute Gasteiger partial charge is 0.223 e. The largest absolute Gasteiger partial charge is 0.352 e. The number of nitrogens with one attached hydrogen (secondary N) is 1. The number of nitrogens with zero attached hydrogens (tertiary/aromatic N) is 2. The average molecular weight is 209 g/mol. The molecule has 1 aromatic rings. The summed E-state index contributed by atoms with van der Waals surface area (Å²) in [4.78, 5) is 15.5. The van der Waals surface area contributed by atoms with Gasteiger partial charge in [0.2, 0.25) is 5.91 Å². The minimum absolute atomic E-state index is 0.0928. The van der Waals surface area contributed by atoms with Gasteiger partial charge in [-0.05, 0) is 13.3 Å². The summed E-state index contributed by atoms with van der Waals surface area (Å²) in [6, 6.07) is 0.140. The molecule has 1 amide bonds. The van der Waals surface area contributed by atoms with Crippen LogP contribution in [0, 0.1) is 5.92 Å². The van der Waals surface area contributed by atoms with Crippen molar-refractivity contribution in [2.75, 3.05) is 0 Å². The van der Waals surface area contributed by atoms with Crippen LogP contribution >= 0.6 is 0 Å². The van der Waals surface area contributed by atoms with Crippen molar-refractivity contribution in [3.05, 3.63) is 18.7 Å². The van der Waals surface area contributed by atoms with Gasteiger partial charge in [0, 0.05) is 30.9 Å². The molecule has 1 aromatic heterocycles. The van der Waals surface area contributed by atoms with Gasteiger partial charge in [-0.1, -0.05) is 13.8 Å². The highest BCUT2D eigenvalue weighted by molar-refractivity contribution is 5.78. The van der Waals surface area contributed by atoms with Gasteiger partial charge in [0.1, 0.15) is 0 Å². The molecule has 1 N–H and O–H groups in total. The lowest BCUT2D eigenvalue weighted by Crippen LogP contribution is -2.38. The van der Waals surface area contributed by atoms with Gasteiger partial charge in [-0.2, -0.15) is 0 Å². The predicted molar refractivity (Wildman–Crippen MR) is 59.3 cm³/mol. The van der Waals surface area contributed by atoms with Crippen LogP contribution in [0.1, 0.15) is 27.2 Å². The maximum absolute atomic E-state index is 11.6. The summed E-state index contributed by atoms with van der Waals surface area (Å²) in [5, 5.41) is 2.98. The van der Waals surface area contributed by atoms with E-state index < -0.39 is 0 Å². The highest BCUT2D eigenvalue weighted by Gasteiger charge is 2.13. The monoisotopic (exact) mass is 209 g/mol. The maximum atomic E-state index is 11.6. The molecule has 2 atom stereocenters. The van der Waals surface area contributed by atoms with Gasteiger partial charge in [0.15, 0.2) is 0 Å². The number of carbonyl (C=O) groups is 1. The van der Waals surface area contributed by atoms with Crippen LogP contribution in [0.15, 0.2) is 18.7 Å². The number of imidazole rings is 1. The van der Waals surface area contributed by atoms with E-state index in [9.17, 15) is 4.79 Å². The second kappa shape index (κ2) is 5.53. The minimum atomic E-state index is 0.0928.